The van der Waals surface area contributed by atoms with E-state index in [1.54, 1.807) is 60.7 Å². The van der Waals surface area contributed by atoms with Crippen LogP contribution in [0.4, 0.5) is 16.2 Å². The summed E-state index contributed by atoms with van der Waals surface area (Å²) >= 11 is 5.91. The monoisotopic (exact) mass is 583 g/mol. The smallest absolute Gasteiger partial charge is 0.335 e. The van der Waals surface area contributed by atoms with Crippen LogP contribution in [0.5, 0.6) is 11.5 Å². The van der Waals surface area contributed by atoms with Crippen molar-refractivity contribution in [2.75, 3.05) is 4.90 Å². The number of para-hydroxylation sites is 1. The quantitative estimate of drug-likeness (QED) is 0.110. The molecule has 0 saturated carbocycles. The molecule has 210 valence electrons. The number of imide groups is 2. The van der Waals surface area contributed by atoms with E-state index in [1.807, 2.05) is 12.1 Å². The maximum Gasteiger partial charge on any atom is 0.335 e. The second kappa shape index (κ2) is 12.4. The van der Waals surface area contributed by atoms with Crippen molar-refractivity contribution in [3.8, 4) is 11.5 Å². The van der Waals surface area contributed by atoms with E-state index in [2.05, 4.69) is 5.32 Å². The number of anilines is 1. The van der Waals surface area contributed by atoms with Crippen LogP contribution >= 0.6 is 11.6 Å². The van der Waals surface area contributed by atoms with E-state index in [4.69, 9.17) is 21.1 Å². The number of benzene rings is 4. The second-order valence-corrected chi connectivity index (χ2v) is 9.56. The van der Waals surface area contributed by atoms with Gasteiger partial charge in [0.05, 0.1) is 10.6 Å². The Morgan fingerprint density at radius 2 is 1.55 bits per heavy atom. The molecule has 0 unspecified atom stereocenters. The van der Waals surface area contributed by atoms with Crippen molar-refractivity contribution in [1.29, 1.82) is 0 Å². The molecule has 1 fully saturated rings. The summed E-state index contributed by atoms with van der Waals surface area (Å²) in [6, 6.07) is 25.3. The average molecular weight is 584 g/mol. The Hall–Kier alpha value is -5.48. The summed E-state index contributed by atoms with van der Waals surface area (Å²) in [5, 5.41) is 13.9. The number of amides is 4. The molecule has 0 aromatic heterocycles. The number of nitrogens with zero attached hydrogens (tertiary/aromatic N) is 2. The zero-order valence-electron chi connectivity index (χ0n) is 21.9. The van der Waals surface area contributed by atoms with Crippen LogP contribution in [-0.4, -0.2) is 22.8 Å². The average Bonchev–Trinajstić information content (AvgIpc) is 2.99. The van der Waals surface area contributed by atoms with Gasteiger partial charge in [0.15, 0.2) is 0 Å². The molecular weight excluding hydrogens is 562 g/mol. The molecule has 5 rings (SSSR count). The summed E-state index contributed by atoms with van der Waals surface area (Å²) in [6.45, 7) is 0.308. The highest BCUT2D eigenvalue weighted by Crippen LogP contribution is 2.28. The summed E-state index contributed by atoms with van der Waals surface area (Å²) in [5.41, 5.74) is 1.78. The predicted molar refractivity (Wildman–Crippen MR) is 155 cm³/mol. The van der Waals surface area contributed by atoms with Crippen molar-refractivity contribution < 1.29 is 28.8 Å². The van der Waals surface area contributed by atoms with Crippen LogP contribution in [0.25, 0.3) is 6.08 Å². The Morgan fingerprint density at radius 1 is 0.833 bits per heavy atom. The van der Waals surface area contributed by atoms with Gasteiger partial charge in [-0.05, 0) is 59.7 Å². The molecule has 0 aliphatic carbocycles. The number of nitro benzene ring substituents is 1. The first kappa shape index (κ1) is 28.1. The number of halogens is 1. The highest BCUT2D eigenvalue weighted by Gasteiger charge is 2.37. The van der Waals surface area contributed by atoms with Gasteiger partial charge < -0.3 is 9.47 Å². The van der Waals surface area contributed by atoms with E-state index in [9.17, 15) is 24.5 Å². The minimum absolute atomic E-state index is 0.0130. The van der Waals surface area contributed by atoms with Crippen LogP contribution in [0.3, 0.4) is 0 Å². The van der Waals surface area contributed by atoms with Gasteiger partial charge in [0.1, 0.15) is 30.3 Å². The normalized spacial score (nSPS) is 14.1. The molecule has 1 heterocycles. The van der Waals surface area contributed by atoms with Gasteiger partial charge in [-0.25, -0.2) is 9.69 Å². The number of nitro groups is 1. The largest absolute Gasteiger partial charge is 0.489 e. The SMILES string of the molecule is O=C1NC(=O)N(c2ccc(OCc3ccc(Cl)cc3)cc2)C(=O)/C1=C/c1ccccc1OCc1cccc([N+](=O)[O-])c1. The summed E-state index contributed by atoms with van der Waals surface area (Å²) in [5.74, 6) is -0.812. The lowest BCUT2D eigenvalue weighted by molar-refractivity contribution is -0.384. The lowest BCUT2D eigenvalue weighted by atomic mass is 10.1. The first-order valence-corrected chi connectivity index (χ1v) is 13.0. The third kappa shape index (κ3) is 6.45. The van der Waals surface area contributed by atoms with E-state index >= 15 is 0 Å². The van der Waals surface area contributed by atoms with Crippen LogP contribution in [0.15, 0.2) is 103 Å². The number of carbonyl (C=O) groups is 3. The third-order valence-corrected chi connectivity index (χ3v) is 6.50. The highest BCUT2D eigenvalue weighted by atomic mass is 35.5. The van der Waals surface area contributed by atoms with Crippen LogP contribution in [0, 0.1) is 10.1 Å². The molecule has 0 radical (unpaired) electrons. The van der Waals surface area contributed by atoms with Gasteiger partial charge in [-0.15, -0.1) is 0 Å². The molecule has 0 spiro atoms. The molecule has 0 atom stereocenters. The zero-order valence-corrected chi connectivity index (χ0v) is 22.6. The maximum atomic E-state index is 13.4. The Kier molecular flexibility index (Phi) is 8.26. The van der Waals surface area contributed by atoms with Gasteiger partial charge in [0.25, 0.3) is 17.5 Å². The van der Waals surface area contributed by atoms with E-state index in [1.165, 1.54) is 30.3 Å². The molecule has 1 saturated heterocycles. The summed E-state index contributed by atoms with van der Waals surface area (Å²) < 4.78 is 11.6. The molecule has 42 heavy (non-hydrogen) atoms. The van der Waals surface area contributed by atoms with Crippen LogP contribution in [0.1, 0.15) is 16.7 Å². The number of hydrogen-bond donors (Lipinski definition) is 1. The number of ether oxygens (including phenoxy) is 2. The number of carbonyl (C=O) groups excluding carboxylic acids is 3. The third-order valence-electron chi connectivity index (χ3n) is 6.25. The lowest BCUT2D eigenvalue weighted by Gasteiger charge is -2.26. The van der Waals surface area contributed by atoms with E-state index < -0.39 is 22.8 Å². The Bertz CT molecular complexity index is 1700. The van der Waals surface area contributed by atoms with Crippen molar-refractivity contribution >= 4 is 46.9 Å². The van der Waals surface area contributed by atoms with Crippen molar-refractivity contribution in [2.45, 2.75) is 13.2 Å². The van der Waals surface area contributed by atoms with Crippen LogP contribution < -0.4 is 19.7 Å². The minimum atomic E-state index is -0.882. The second-order valence-electron chi connectivity index (χ2n) is 9.12. The van der Waals surface area contributed by atoms with E-state index in [-0.39, 0.29) is 23.6 Å². The van der Waals surface area contributed by atoms with Gasteiger partial charge in [0.2, 0.25) is 0 Å². The van der Waals surface area contributed by atoms with Crippen molar-refractivity contribution in [3.05, 3.63) is 134 Å². The highest BCUT2D eigenvalue weighted by molar-refractivity contribution is 6.39. The lowest BCUT2D eigenvalue weighted by Crippen LogP contribution is -2.54. The predicted octanol–water partition coefficient (Wildman–Crippen LogP) is 6.07. The molecule has 4 aromatic carbocycles. The van der Waals surface area contributed by atoms with Crippen LogP contribution in [0.2, 0.25) is 5.02 Å². The molecule has 0 bridgehead atoms. The van der Waals surface area contributed by atoms with Gasteiger partial charge in [-0.1, -0.05) is 54.1 Å². The standard InChI is InChI=1S/C31H22ClN3O7/c32-23-10-8-20(9-11-23)18-41-26-14-12-24(13-15-26)34-30(37)27(29(36)33-31(34)38)17-22-5-1-2-7-28(22)42-19-21-4-3-6-25(16-21)35(39)40/h1-17H,18-19H2,(H,33,36,38)/b27-17+. The van der Waals surface area contributed by atoms with Crippen molar-refractivity contribution in [2.24, 2.45) is 0 Å². The molecule has 4 amide bonds. The van der Waals surface area contributed by atoms with Gasteiger partial charge in [0, 0.05) is 22.7 Å². The molecule has 1 aliphatic heterocycles. The number of hydrogen-bond acceptors (Lipinski definition) is 7. The molecule has 4 aromatic rings. The Labute approximate surface area is 244 Å². The molecule has 1 N–H and O–H groups in total. The minimum Gasteiger partial charge on any atom is -0.489 e. The van der Waals surface area contributed by atoms with Gasteiger partial charge in [-0.2, -0.15) is 0 Å². The fraction of sp³-hybridized carbons (Fsp3) is 0.0645. The van der Waals surface area contributed by atoms with Crippen LogP contribution in [-0.2, 0) is 22.8 Å². The fourth-order valence-corrected chi connectivity index (χ4v) is 4.26. The number of nitrogens with one attached hydrogen (secondary N) is 1. The number of barbiturate groups is 1. The zero-order chi connectivity index (χ0) is 29.6. The topological polar surface area (TPSA) is 128 Å². The molecule has 11 heteroatoms. The van der Waals surface area contributed by atoms with Crippen molar-refractivity contribution in [3.63, 3.8) is 0 Å². The number of non-ortho nitro benzene ring substituents is 1. The number of urea groups is 1. The summed E-state index contributed by atoms with van der Waals surface area (Å²) in [4.78, 5) is 50.2. The van der Waals surface area contributed by atoms with E-state index in [0.717, 1.165) is 10.5 Å². The Morgan fingerprint density at radius 3 is 2.29 bits per heavy atom. The summed E-state index contributed by atoms with van der Waals surface area (Å²) in [6.07, 6.45) is 1.34. The summed E-state index contributed by atoms with van der Waals surface area (Å²) in [7, 11) is 0. The first-order chi connectivity index (χ1) is 20.3. The number of rotatable bonds is 9. The molecule has 1 aliphatic rings. The maximum absolute atomic E-state index is 13.4. The molecular formula is C31H22ClN3O7. The molecule has 10 nitrogen and oxygen atoms in total. The Balaban J connectivity index is 1.33. The van der Waals surface area contributed by atoms with Gasteiger partial charge >= 0.3 is 6.03 Å². The first-order valence-electron chi connectivity index (χ1n) is 12.6. The van der Waals surface area contributed by atoms with Crippen molar-refractivity contribution in [1.82, 2.24) is 5.32 Å². The van der Waals surface area contributed by atoms with E-state index in [0.29, 0.717) is 34.3 Å². The fourth-order valence-electron chi connectivity index (χ4n) is 4.14. The van der Waals surface area contributed by atoms with Gasteiger partial charge in [-0.3, -0.25) is 25.0 Å².